The van der Waals surface area contributed by atoms with Crippen LogP contribution in [0.25, 0.3) is 10.9 Å². The zero-order valence-corrected chi connectivity index (χ0v) is 13.5. The Balaban J connectivity index is 0.000000467. The van der Waals surface area contributed by atoms with Crippen molar-refractivity contribution in [2.24, 2.45) is 7.05 Å². The molecule has 104 valence electrons. The van der Waals surface area contributed by atoms with E-state index in [9.17, 15) is 0 Å². The summed E-state index contributed by atoms with van der Waals surface area (Å²) in [7, 11) is 2.10. The Kier molecular flexibility index (Phi) is 7.60. The van der Waals surface area contributed by atoms with Crippen molar-refractivity contribution in [3.05, 3.63) is 29.2 Å². The molecule has 2 aromatic heterocycles. The van der Waals surface area contributed by atoms with Gasteiger partial charge in [0.2, 0.25) is 0 Å². The third-order valence-electron chi connectivity index (χ3n) is 3.14. The average molecular weight is 258 g/mol. The second-order valence-corrected chi connectivity index (χ2v) is 4.06. The quantitative estimate of drug-likeness (QED) is 0.634. The molecule has 0 amide bonds. The van der Waals surface area contributed by atoms with E-state index in [0.29, 0.717) is 0 Å². The molecule has 0 saturated carbocycles. The fourth-order valence-corrected chi connectivity index (χ4v) is 1.90. The highest BCUT2D eigenvalue weighted by Gasteiger charge is 2.09. The fourth-order valence-electron chi connectivity index (χ4n) is 1.90. The summed E-state index contributed by atoms with van der Waals surface area (Å²) in [5.74, 6) is 5.36. The lowest BCUT2D eigenvalue weighted by Gasteiger charge is -2.00. The molecule has 0 saturated heterocycles. The zero-order valence-electron chi connectivity index (χ0n) is 13.5. The molecule has 0 aliphatic heterocycles. The lowest BCUT2D eigenvalue weighted by molar-refractivity contribution is 0.902. The average Bonchev–Trinajstić information content (AvgIpc) is 2.67. The maximum Gasteiger partial charge on any atom is 0.0698 e. The monoisotopic (exact) mass is 258 g/mol. The van der Waals surface area contributed by atoms with E-state index in [-0.39, 0.29) is 0 Å². The first-order chi connectivity index (χ1) is 9.04. The SMILES string of the molecule is CC.CC#CC.Cc1c(C)n(C)c2c(C)nccc12. The third-order valence-corrected chi connectivity index (χ3v) is 3.14. The van der Waals surface area contributed by atoms with Crippen molar-refractivity contribution < 1.29 is 0 Å². The first kappa shape index (κ1) is 17.2. The Bertz CT molecular complexity index is 575. The highest BCUT2D eigenvalue weighted by atomic mass is 15.0. The molecular weight excluding hydrogens is 232 g/mol. The van der Waals surface area contributed by atoms with E-state index in [2.05, 4.69) is 55.3 Å². The summed E-state index contributed by atoms with van der Waals surface area (Å²) < 4.78 is 2.22. The largest absolute Gasteiger partial charge is 0.346 e. The van der Waals surface area contributed by atoms with Gasteiger partial charge in [0.1, 0.15) is 0 Å². The molecule has 0 unspecified atom stereocenters. The minimum absolute atomic E-state index is 1.11. The van der Waals surface area contributed by atoms with E-state index in [4.69, 9.17) is 0 Å². The topological polar surface area (TPSA) is 17.8 Å². The van der Waals surface area contributed by atoms with Gasteiger partial charge in [0, 0.05) is 24.3 Å². The van der Waals surface area contributed by atoms with Crippen molar-refractivity contribution >= 4 is 10.9 Å². The zero-order chi connectivity index (χ0) is 15.0. The molecule has 0 fully saturated rings. The van der Waals surface area contributed by atoms with Gasteiger partial charge in [-0.05, 0) is 46.2 Å². The standard InChI is InChI=1S/C11H14N2.C4H6.C2H6/c1-7-9(3)13(4)11-8(2)12-6-5-10(7)11;1-3-4-2;1-2/h5-6H,1-4H3;1-2H3;1-2H3. The molecule has 19 heavy (non-hydrogen) atoms. The normalized spacial score (nSPS) is 8.63. The van der Waals surface area contributed by atoms with Crippen LogP contribution < -0.4 is 0 Å². The summed E-state index contributed by atoms with van der Waals surface area (Å²) in [6, 6.07) is 2.09. The van der Waals surface area contributed by atoms with Gasteiger partial charge in [0.05, 0.1) is 11.2 Å². The first-order valence-corrected chi connectivity index (χ1v) is 6.75. The number of nitrogens with zero attached hydrogens (tertiary/aromatic N) is 2. The molecule has 0 bridgehead atoms. The second-order valence-electron chi connectivity index (χ2n) is 4.06. The number of rotatable bonds is 0. The Hall–Kier alpha value is -1.75. The van der Waals surface area contributed by atoms with Crippen LogP contribution in [0.4, 0.5) is 0 Å². The summed E-state index contributed by atoms with van der Waals surface area (Å²) >= 11 is 0. The molecule has 2 rings (SSSR count). The summed E-state index contributed by atoms with van der Waals surface area (Å²) in [6.45, 7) is 14.0. The summed E-state index contributed by atoms with van der Waals surface area (Å²) in [4.78, 5) is 4.30. The number of hydrogen-bond donors (Lipinski definition) is 0. The third kappa shape index (κ3) is 3.86. The maximum atomic E-state index is 4.30. The molecule has 0 spiro atoms. The van der Waals surface area contributed by atoms with Crippen LogP contribution in [0.1, 0.15) is 44.6 Å². The van der Waals surface area contributed by atoms with Gasteiger partial charge in [0.15, 0.2) is 0 Å². The minimum Gasteiger partial charge on any atom is -0.346 e. The van der Waals surface area contributed by atoms with Crippen LogP contribution in [0.2, 0.25) is 0 Å². The van der Waals surface area contributed by atoms with Gasteiger partial charge < -0.3 is 4.57 Å². The van der Waals surface area contributed by atoms with Gasteiger partial charge >= 0.3 is 0 Å². The van der Waals surface area contributed by atoms with Gasteiger partial charge in [-0.15, -0.1) is 11.8 Å². The van der Waals surface area contributed by atoms with Crippen LogP contribution in [0.5, 0.6) is 0 Å². The number of hydrogen-bond acceptors (Lipinski definition) is 1. The molecule has 2 aromatic rings. The smallest absolute Gasteiger partial charge is 0.0698 e. The molecule has 0 atom stereocenters. The van der Waals surface area contributed by atoms with Crippen LogP contribution in [-0.2, 0) is 7.05 Å². The van der Waals surface area contributed by atoms with Crippen molar-refractivity contribution in [1.82, 2.24) is 9.55 Å². The Labute approximate surface area is 117 Å². The molecule has 0 aromatic carbocycles. The van der Waals surface area contributed by atoms with Gasteiger partial charge in [-0.2, -0.15) is 0 Å². The second kappa shape index (κ2) is 8.37. The predicted octanol–water partition coefficient (Wildman–Crippen LogP) is 4.55. The van der Waals surface area contributed by atoms with E-state index in [1.807, 2.05) is 33.9 Å². The van der Waals surface area contributed by atoms with Gasteiger partial charge in [-0.1, -0.05) is 13.8 Å². The molecule has 2 nitrogen and oxygen atoms in total. The lowest BCUT2D eigenvalue weighted by atomic mass is 10.2. The lowest BCUT2D eigenvalue weighted by Crippen LogP contribution is -1.93. The predicted molar refractivity (Wildman–Crippen MR) is 85.4 cm³/mol. The van der Waals surface area contributed by atoms with E-state index in [1.54, 1.807) is 0 Å². The van der Waals surface area contributed by atoms with Crippen molar-refractivity contribution in [3.63, 3.8) is 0 Å². The van der Waals surface area contributed by atoms with Crippen LogP contribution in [-0.4, -0.2) is 9.55 Å². The van der Waals surface area contributed by atoms with Crippen LogP contribution in [0.15, 0.2) is 12.3 Å². The van der Waals surface area contributed by atoms with Crippen LogP contribution in [0.3, 0.4) is 0 Å². The molecule has 2 heterocycles. The molecule has 0 N–H and O–H groups in total. The molecule has 2 heteroatoms. The van der Waals surface area contributed by atoms with Crippen molar-refractivity contribution in [1.29, 1.82) is 0 Å². The summed E-state index contributed by atoms with van der Waals surface area (Å²) in [6.07, 6.45) is 1.88. The van der Waals surface area contributed by atoms with E-state index in [0.717, 1.165) is 5.69 Å². The van der Waals surface area contributed by atoms with Crippen molar-refractivity contribution in [2.75, 3.05) is 0 Å². The van der Waals surface area contributed by atoms with Gasteiger partial charge in [-0.3, -0.25) is 4.98 Å². The highest BCUT2D eigenvalue weighted by molar-refractivity contribution is 5.86. The molecule has 0 aliphatic carbocycles. The summed E-state index contributed by atoms with van der Waals surface area (Å²) in [5, 5.41) is 1.33. The van der Waals surface area contributed by atoms with Crippen molar-refractivity contribution in [2.45, 2.75) is 48.5 Å². The number of aromatic nitrogens is 2. The van der Waals surface area contributed by atoms with Crippen LogP contribution >= 0.6 is 0 Å². The number of aryl methyl sites for hydroxylation is 3. The van der Waals surface area contributed by atoms with Crippen molar-refractivity contribution in [3.8, 4) is 11.8 Å². The fraction of sp³-hybridized carbons (Fsp3) is 0.471. The molecule has 0 radical (unpaired) electrons. The first-order valence-electron chi connectivity index (χ1n) is 6.75. The van der Waals surface area contributed by atoms with E-state index < -0.39 is 0 Å². The van der Waals surface area contributed by atoms with E-state index >= 15 is 0 Å². The highest BCUT2D eigenvalue weighted by Crippen LogP contribution is 2.24. The minimum atomic E-state index is 1.11. The van der Waals surface area contributed by atoms with Gasteiger partial charge in [0.25, 0.3) is 0 Å². The van der Waals surface area contributed by atoms with E-state index in [1.165, 1.54) is 22.2 Å². The summed E-state index contributed by atoms with van der Waals surface area (Å²) in [5.41, 5.74) is 5.06. The number of fused-ring (bicyclic) bond motifs is 1. The maximum absolute atomic E-state index is 4.30. The number of pyridine rings is 1. The van der Waals surface area contributed by atoms with Gasteiger partial charge in [-0.25, -0.2) is 0 Å². The Morgan fingerprint density at radius 1 is 1.05 bits per heavy atom. The van der Waals surface area contributed by atoms with Crippen LogP contribution in [0, 0.1) is 32.6 Å². The molecule has 0 aliphatic rings. The Morgan fingerprint density at radius 2 is 1.58 bits per heavy atom. The Morgan fingerprint density at radius 3 is 2.00 bits per heavy atom. The molecular formula is C17H26N2.